The summed E-state index contributed by atoms with van der Waals surface area (Å²) in [6, 6.07) is 12.3. The second kappa shape index (κ2) is 11.7. The van der Waals surface area contributed by atoms with Crippen LogP contribution in [0.15, 0.2) is 47.6 Å². The van der Waals surface area contributed by atoms with E-state index < -0.39 is 0 Å². The number of aromatic nitrogens is 3. The first-order valence-electron chi connectivity index (χ1n) is 10.4. The fourth-order valence-corrected chi connectivity index (χ4v) is 4.12. The third-order valence-corrected chi connectivity index (χ3v) is 6.35. The first kappa shape index (κ1) is 24.6. The number of nitrogens with zero attached hydrogens (tertiary/aromatic N) is 3. The van der Waals surface area contributed by atoms with Gasteiger partial charge in [0.1, 0.15) is 11.6 Å². The Morgan fingerprint density at radius 2 is 1.91 bits per heavy atom. The molecule has 174 valence electrons. The van der Waals surface area contributed by atoms with Gasteiger partial charge in [0.2, 0.25) is 5.91 Å². The van der Waals surface area contributed by atoms with Crippen LogP contribution < -0.4 is 15.4 Å². The van der Waals surface area contributed by atoms with Crippen molar-refractivity contribution in [2.24, 2.45) is 0 Å². The first-order chi connectivity index (χ1) is 15.9. The van der Waals surface area contributed by atoms with Gasteiger partial charge in [-0.15, -0.1) is 10.2 Å². The molecular formula is C23H26ClN5O3S. The zero-order chi connectivity index (χ0) is 23.8. The molecule has 0 fully saturated rings. The molecule has 0 atom stereocenters. The predicted octanol–water partition coefficient (Wildman–Crippen LogP) is 3.97. The summed E-state index contributed by atoms with van der Waals surface area (Å²) >= 11 is 7.43. The number of methoxy groups -OCH3 is 1. The van der Waals surface area contributed by atoms with Crippen LogP contribution >= 0.6 is 23.4 Å². The van der Waals surface area contributed by atoms with Crippen molar-refractivity contribution >= 4 is 40.9 Å². The molecule has 2 aromatic carbocycles. The summed E-state index contributed by atoms with van der Waals surface area (Å²) < 4.78 is 7.05. The van der Waals surface area contributed by atoms with Crippen molar-refractivity contribution in [3.63, 3.8) is 0 Å². The minimum atomic E-state index is -0.164. The maximum atomic E-state index is 12.4. The van der Waals surface area contributed by atoms with Crippen LogP contribution in [0.25, 0.3) is 0 Å². The Balaban J connectivity index is 1.52. The van der Waals surface area contributed by atoms with E-state index in [-0.39, 0.29) is 17.6 Å². The molecule has 0 saturated heterocycles. The summed E-state index contributed by atoms with van der Waals surface area (Å²) in [5.41, 5.74) is 2.08. The monoisotopic (exact) mass is 487 g/mol. The zero-order valence-electron chi connectivity index (χ0n) is 18.7. The molecule has 2 amide bonds. The fraction of sp³-hybridized carbons (Fsp3) is 0.304. The number of thioether (sulfide) groups is 1. The molecule has 1 heterocycles. The van der Waals surface area contributed by atoms with Crippen LogP contribution in [0.2, 0.25) is 5.02 Å². The topological polar surface area (TPSA) is 98.1 Å². The summed E-state index contributed by atoms with van der Waals surface area (Å²) in [6.07, 6.45) is 0.525. The Morgan fingerprint density at radius 3 is 2.61 bits per heavy atom. The van der Waals surface area contributed by atoms with Crippen LogP contribution in [0.4, 0.5) is 5.69 Å². The Bertz CT molecular complexity index is 1120. The summed E-state index contributed by atoms with van der Waals surface area (Å²) in [6.45, 7) is 4.93. The lowest BCUT2D eigenvalue weighted by Crippen LogP contribution is -2.26. The molecule has 0 spiro atoms. The van der Waals surface area contributed by atoms with Crippen LogP contribution in [0.3, 0.4) is 0 Å². The van der Waals surface area contributed by atoms with Crippen LogP contribution in [-0.2, 0) is 17.8 Å². The highest BCUT2D eigenvalue weighted by Crippen LogP contribution is 2.24. The van der Waals surface area contributed by atoms with E-state index in [1.54, 1.807) is 43.5 Å². The van der Waals surface area contributed by atoms with Gasteiger partial charge >= 0.3 is 0 Å². The second-order valence-electron chi connectivity index (χ2n) is 7.13. The Kier molecular flexibility index (Phi) is 8.73. The second-order valence-corrected chi connectivity index (χ2v) is 8.48. The first-order valence-corrected chi connectivity index (χ1v) is 11.8. The predicted molar refractivity (Wildman–Crippen MR) is 130 cm³/mol. The van der Waals surface area contributed by atoms with Crippen molar-refractivity contribution in [3.8, 4) is 5.75 Å². The molecule has 33 heavy (non-hydrogen) atoms. The molecule has 3 rings (SSSR count). The van der Waals surface area contributed by atoms with E-state index in [0.29, 0.717) is 46.7 Å². The van der Waals surface area contributed by atoms with Gasteiger partial charge in [-0.25, -0.2) is 0 Å². The third-order valence-electron chi connectivity index (χ3n) is 4.97. The standard InChI is InChI=1S/C23H26ClN5O3S/c1-4-29-20(12-13-25-22(31)16-8-10-17(32-3)11-9-16)27-28-23(29)33-14-21(30)26-19-7-5-6-18(24)15(19)2/h5-11H,4,12-14H2,1-3H3,(H,25,31)(H,26,30). The van der Waals surface area contributed by atoms with Gasteiger partial charge in [-0.05, 0) is 55.8 Å². The number of rotatable bonds is 10. The highest BCUT2D eigenvalue weighted by molar-refractivity contribution is 7.99. The lowest BCUT2D eigenvalue weighted by molar-refractivity contribution is -0.113. The third kappa shape index (κ3) is 6.49. The number of halogens is 1. The number of nitrogens with one attached hydrogen (secondary N) is 2. The molecule has 0 saturated carbocycles. The zero-order valence-corrected chi connectivity index (χ0v) is 20.3. The van der Waals surface area contributed by atoms with Gasteiger partial charge in [-0.3, -0.25) is 9.59 Å². The van der Waals surface area contributed by atoms with Gasteiger partial charge in [-0.1, -0.05) is 29.4 Å². The minimum absolute atomic E-state index is 0.149. The summed E-state index contributed by atoms with van der Waals surface area (Å²) in [5.74, 6) is 1.33. The van der Waals surface area contributed by atoms with Crippen molar-refractivity contribution in [2.45, 2.75) is 32.0 Å². The fourth-order valence-electron chi connectivity index (χ4n) is 3.12. The van der Waals surface area contributed by atoms with E-state index in [9.17, 15) is 9.59 Å². The van der Waals surface area contributed by atoms with Crippen molar-refractivity contribution < 1.29 is 14.3 Å². The number of ether oxygens (including phenoxy) is 1. The largest absolute Gasteiger partial charge is 0.497 e. The van der Waals surface area contributed by atoms with Crippen LogP contribution in [0.5, 0.6) is 5.75 Å². The smallest absolute Gasteiger partial charge is 0.251 e. The average Bonchev–Trinajstić information content (AvgIpc) is 3.22. The molecule has 0 aliphatic rings. The van der Waals surface area contributed by atoms with E-state index in [2.05, 4.69) is 20.8 Å². The molecule has 0 bridgehead atoms. The molecule has 1 aromatic heterocycles. The van der Waals surface area contributed by atoms with Gasteiger partial charge in [-0.2, -0.15) is 0 Å². The van der Waals surface area contributed by atoms with Gasteiger partial charge < -0.3 is 19.9 Å². The number of hydrogen-bond donors (Lipinski definition) is 2. The molecule has 0 radical (unpaired) electrons. The van der Waals surface area contributed by atoms with E-state index in [1.807, 2.05) is 24.5 Å². The molecule has 2 N–H and O–H groups in total. The highest BCUT2D eigenvalue weighted by Gasteiger charge is 2.14. The lowest BCUT2D eigenvalue weighted by atomic mass is 10.2. The average molecular weight is 488 g/mol. The Morgan fingerprint density at radius 1 is 1.15 bits per heavy atom. The summed E-state index contributed by atoms with van der Waals surface area (Å²) in [5, 5.41) is 15.5. The van der Waals surface area contributed by atoms with Crippen LogP contribution in [0, 0.1) is 6.92 Å². The van der Waals surface area contributed by atoms with Gasteiger partial charge in [0, 0.05) is 35.8 Å². The number of benzene rings is 2. The number of carbonyl (C=O) groups excluding carboxylic acids is 2. The molecular weight excluding hydrogens is 462 g/mol. The maximum absolute atomic E-state index is 12.4. The number of anilines is 1. The molecule has 0 unspecified atom stereocenters. The minimum Gasteiger partial charge on any atom is -0.497 e. The molecule has 8 nitrogen and oxygen atoms in total. The normalized spacial score (nSPS) is 10.7. The Labute approximate surface area is 202 Å². The Hall–Kier alpha value is -3.04. The summed E-state index contributed by atoms with van der Waals surface area (Å²) in [7, 11) is 1.58. The van der Waals surface area contributed by atoms with Crippen molar-refractivity contribution in [1.82, 2.24) is 20.1 Å². The van der Waals surface area contributed by atoms with Crippen molar-refractivity contribution in [3.05, 3.63) is 64.4 Å². The molecule has 3 aromatic rings. The molecule has 0 aliphatic heterocycles. The quantitative estimate of drug-likeness (QED) is 0.420. The lowest BCUT2D eigenvalue weighted by Gasteiger charge is -2.10. The highest BCUT2D eigenvalue weighted by atomic mass is 35.5. The van der Waals surface area contributed by atoms with E-state index in [4.69, 9.17) is 16.3 Å². The van der Waals surface area contributed by atoms with E-state index >= 15 is 0 Å². The van der Waals surface area contributed by atoms with Crippen molar-refractivity contribution in [2.75, 3.05) is 24.7 Å². The van der Waals surface area contributed by atoms with Gasteiger partial charge in [0.25, 0.3) is 5.91 Å². The summed E-state index contributed by atoms with van der Waals surface area (Å²) in [4.78, 5) is 24.7. The number of amides is 2. The maximum Gasteiger partial charge on any atom is 0.251 e. The van der Waals surface area contributed by atoms with Gasteiger partial charge in [0.05, 0.1) is 12.9 Å². The number of carbonyl (C=O) groups is 2. The van der Waals surface area contributed by atoms with Crippen molar-refractivity contribution in [1.29, 1.82) is 0 Å². The molecule has 10 heteroatoms. The molecule has 0 aliphatic carbocycles. The number of hydrogen-bond acceptors (Lipinski definition) is 6. The van der Waals surface area contributed by atoms with Crippen LogP contribution in [-0.4, -0.2) is 46.0 Å². The van der Waals surface area contributed by atoms with E-state index in [0.717, 1.165) is 11.4 Å². The van der Waals surface area contributed by atoms with Gasteiger partial charge in [0.15, 0.2) is 5.16 Å². The SMILES string of the molecule is CCn1c(CCNC(=O)c2ccc(OC)cc2)nnc1SCC(=O)Nc1cccc(Cl)c1C. The van der Waals surface area contributed by atoms with Crippen LogP contribution in [0.1, 0.15) is 28.7 Å². The van der Waals surface area contributed by atoms with E-state index in [1.165, 1.54) is 11.8 Å².